The molecule has 0 aliphatic carbocycles. The third-order valence-electron chi connectivity index (χ3n) is 2.82. The summed E-state index contributed by atoms with van der Waals surface area (Å²) in [7, 11) is 0. The van der Waals surface area contributed by atoms with Gasteiger partial charge in [-0.15, -0.1) is 0 Å². The Kier molecular flexibility index (Phi) is 3.99. The molecule has 0 aliphatic heterocycles. The number of thiol groups is 1. The lowest BCUT2D eigenvalue weighted by atomic mass is 9.97. The quantitative estimate of drug-likeness (QED) is 0.726. The van der Waals surface area contributed by atoms with E-state index in [0.717, 1.165) is 16.3 Å². The van der Waals surface area contributed by atoms with Crippen LogP contribution in [-0.4, -0.2) is 27.1 Å². The Balaban J connectivity index is 2.41. The molecule has 2 rings (SSSR count). The number of fused-ring (bicyclic) bond motifs is 1. The van der Waals surface area contributed by atoms with Gasteiger partial charge in [0.2, 0.25) is 0 Å². The molecular weight excluding hydrogens is 234 g/mol. The minimum Gasteiger partial charge on any atom is -0.390 e. The van der Waals surface area contributed by atoms with E-state index in [1.807, 2.05) is 24.3 Å². The molecule has 2 N–H and O–H groups in total. The van der Waals surface area contributed by atoms with Crippen molar-refractivity contribution in [2.75, 3.05) is 5.75 Å². The summed E-state index contributed by atoms with van der Waals surface area (Å²) < 4.78 is 0. The second-order valence-corrected chi connectivity index (χ2v) is 4.42. The first-order valence-corrected chi connectivity index (χ1v) is 6.17. The normalized spacial score (nSPS) is 14.8. The van der Waals surface area contributed by atoms with E-state index in [-0.39, 0.29) is 0 Å². The van der Waals surface area contributed by atoms with E-state index in [1.165, 1.54) is 0 Å². The third-order valence-corrected chi connectivity index (χ3v) is 3.08. The molecule has 0 spiro atoms. The van der Waals surface area contributed by atoms with Crippen LogP contribution in [0.15, 0.2) is 36.7 Å². The number of rotatable bonds is 4. The lowest BCUT2D eigenvalue weighted by Gasteiger charge is -2.18. The van der Waals surface area contributed by atoms with Gasteiger partial charge >= 0.3 is 0 Å². The van der Waals surface area contributed by atoms with Crippen molar-refractivity contribution in [3.63, 3.8) is 0 Å². The summed E-state index contributed by atoms with van der Waals surface area (Å²) in [5.41, 5.74) is 0.735. The molecule has 0 radical (unpaired) electrons. The topological polar surface area (TPSA) is 53.4 Å². The Bertz CT molecular complexity index is 498. The average molecular weight is 249 g/mol. The van der Waals surface area contributed by atoms with Gasteiger partial charge in [0.25, 0.3) is 0 Å². The van der Waals surface area contributed by atoms with E-state index in [2.05, 4.69) is 17.6 Å². The maximum absolute atomic E-state index is 10.1. The van der Waals surface area contributed by atoms with Crippen LogP contribution in [0.1, 0.15) is 18.1 Å². The van der Waals surface area contributed by atoms with Crippen molar-refractivity contribution < 1.29 is 10.2 Å². The van der Waals surface area contributed by atoms with Gasteiger partial charge in [0.15, 0.2) is 0 Å². The summed E-state index contributed by atoms with van der Waals surface area (Å²) in [5, 5.41) is 21.8. The van der Waals surface area contributed by atoms with Crippen molar-refractivity contribution in [2.45, 2.75) is 18.6 Å². The molecule has 0 fully saturated rings. The Labute approximate surface area is 106 Å². The lowest BCUT2D eigenvalue weighted by molar-refractivity contribution is 0.0181. The summed E-state index contributed by atoms with van der Waals surface area (Å²) >= 11 is 4.06. The van der Waals surface area contributed by atoms with Gasteiger partial charge in [-0.1, -0.05) is 18.2 Å². The van der Waals surface area contributed by atoms with Crippen LogP contribution < -0.4 is 0 Å². The Hall–Kier alpha value is -1.10. The minimum atomic E-state index is -0.881. The monoisotopic (exact) mass is 249 g/mol. The van der Waals surface area contributed by atoms with Crippen molar-refractivity contribution in [3.8, 4) is 0 Å². The lowest BCUT2D eigenvalue weighted by Crippen LogP contribution is -2.18. The van der Waals surface area contributed by atoms with Gasteiger partial charge < -0.3 is 10.2 Å². The summed E-state index contributed by atoms with van der Waals surface area (Å²) in [6, 6.07) is 7.47. The van der Waals surface area contributed by atoms with Crippen LogP contribution in [0.3, 0.4) is 0 Å². The van der Waals surface area contributed by atoms with Crippen molar-refractivity contribution in [3.05, 3.63) is 42.2 Å². The fourth-order valence-corrected chi connectivity index (χ4v) is 2.17. The maximum atomic E-state index is 10.1. The number of pyridine rings is 1. The zero-order valence-electron chi connectivity index (χ0n) is 9.32. The van der Waals surface area contributed by atoms with Gasteiger partial charge in [-0.05, 0) is 29.2 Å². The molecule has 90 valence electrons. The van der Waals surface area contributed by atoms with Crippen molar-refractivity contribution >= 4 is 23.4 Å². The first kappa shape index (κ1) is 12.4. The maximum Gasteiger partial charge on any atom is 0.105 e. The van der Waals surface area contributed by atoms with Crippen LogP contribution in [-0.2, 0) is 0 Å². The number of benzene rings is 1. The standard InChI is InChI=1S/C13H15NO2S/c15-12(5-7-17)13(16)11-3-1-2-9-8-14-6-4-10(9)11/h1-4,6,8,12-13,15-17H,5,7H2. The number of hydrogen-bond donors (Lipinski definition) is 3. The van der Waals surface area contributed by atoms with Crippen LogP contribution in [0.25, 0.3) is 10.8 Å². The van der Waals surface area contributed by atoms with Crippen LogP contribution in [0.2, 0.25) is 0 Å². The molecule has 2 atom stereocenters. The Morgan fingerprint density at radius 2 is 2.06 bits per heavy atom. The summed E-state index contributed by atoms with van der Waals surface area (Å²) in [6.07, 6.45) is 2.23. The molecule has 4 heteroatoms. The van der Waals surface area contributed by atoms with Gasteiger partial charge in [0.05, 0.1) is 6.10 Å². The Morgan fingerprint density at radius 1 is 1.24 bits per heavy atom. The van der Waals surface area contributed by atoms with Gasteiger partial charge in [0, 0.05) is 17.8 Å². The zero-order chi connectivity index (χ0) is 12.3. The highest BCUT2D eigenvalue weighted by molar-refractivity contribution is 7.80. The first-order chi connectivity index (χ1) is 8.24. The van der Waals surface area contributed by atoms with E-state index in [1.54, 1.807) is 12.4 Å². The SMILES string of the molecule is OC(CCS)C(O)c1cccc2cnccc12. The summed E-state index contributed by atoms with van der Waals surface area (Å²) in [4.78, 5) is 4.04. The fraction of sp³-hybridized carbons (Fsp3) is 0.308. The summed E-state index contributed by atoms with van der Waals surface area (Å²) in [6.45, 7) is 0. The van der Waals surface area contributed by atoms with E-state index in [4.69, 9.17) is 0 Å². The van der Waals surface area contributed by atoms with Crippen molar-refractivity contribution in [2.24, 2.45) is 0 Å². The van der Waals surface area contributed by atoms with E-state index < -0.39 is 12.2 Å². The predicted molar refractivity (Wildman–Crippen MR) is 71.2 cm³/mol. The number of aliphatic hydroxyl groups excluding tert-OH is 2. The van der Waals surface area contributed by atoms with Gasteiger partial charge in [-0.25, -0.2) is 0 Å². The molecular formula is C13H15NO2S. The highest BCUT2D eigenvalue weighted by Crippen LogP contribution is 2.26. The minimum absolute atomic E-state index is 0.464. The number of aromatic nitrogens is 1. The van der Waals surface area contributed by atoms with Crippen LogP contribution in [0.4, 0.5) is 0 Å². The molecule has 1 heterocycles. The largest absolute Gasteiger partial charge is 0.390 e. The molecule has 0 bridgehead atoms. The number of nitrogens with zero attached hydrogens (tertiary/aromatic N) is 1. The van der Waals surface area contributed by atoms with Gasteiger partial charge in [0.1, 0.15) is 6.10 Å². The van der Waals surface area contributed by atoms with Gasteiger partial charge in [-0.3, -0.25) is 4.98 Å². The highest BCUT2D eigenvalue weighted by atomic mass is 32.1. The van der Waals surface area contributed by atoms with Crippen LogP contribution >= 0.6 is 12.6 Å². The zero-order valence-corrected chi connectivity index (χ0v) is 10.2. The van der Waals surface area contributed by atoms with Crippen molar-refractivity contribution in [1.82, 2.24) is 4.98 Å². The fourth-order valence-electron chi connectivity index (χ4n) is 1.90. The second kappa shape index (κ2) is 5.49. The molecule has 17 heavy (non-hydrogen) atoms. The second-order valence-electron chi connectivity index (χ2n) is 3.97. The third kappa shape index (κ3) is 2.60. The molecule has 1 aromatic carbocycles. The van der Waals surface area contributed by atoms with E-state index in [0.29, 0.717) is 12.2 Å². The molecule has 1 aromatic heterocycles. The first-order valence-electron chi connectivity index (χ1n) is 5.53. The van der Waals surface area contributed by atoms with E-state index in [9.17, 15) is 10.2 Å². The molecule has 2 aromatic rings. The van der Waals surface area contributed by atoms with Crippen LogP contribution in [0.5, 0.6) is 0 Å². The van der Waals surface area contributed by atoms with E-state index >= 15 is 0 Å². The average Bonchev–Trinajstić information content (AvgIpc) is 2.37. The molecule has 2 unspecified atom stereocenters. The van der Waals surface area contributed by atoms with Crippen LogP contribution in [0, 0.1) is 0 Å². The molecule has 3 nitrogen and oxygen atoms in total. The number of aliphatic hydroxyl groups is 2. The predicted octanol–water partition coefficient (Wildman–Crippen LogP) is 1.95. The highest BCUT2D eigenvalue weighted by Gasteiger charge is 2.19. The number of hydrogen-bond acceptors (Lipinski definition) is 4. The Morgan fingerprint density at radius 3 is 2.82 bits per heavy atom. The van der Waals surface area contributed by atoms with Gasteiger partial charge in [-0.2, -0.15) is 12.6 Å². The van der Waals surface area contributed by atoms with Crippen molar-refractivity contribution in [1.29, 1.82) is 0 Å². The molecule has 0 amide bonds. The molecule has 0 saturated carbocycles. The molecule has 0 saturated heterocycles. The smallest absolute Gasteiger partial charge is 0.105 e. The molecule has 0 aliphatic rings. The summed E-state index contributed by atoms with van der Waals surface area (Å²) in [5.74, 6) is 0.546.